The number of hydrogen-bond donors (Lipinski definition) is 0. The average Bonchev–Trinajstić information content (AvgIpc) is 2.49. The van der Waals surface area contributed by atoms with E-state index in [2.05, 4.69) is 0 Å². The Bertz CT molecular complexity index is 355. The van der Waals surface area contributed by atoms with Crippen LogP contribution in [0.1, 0.15) is 29.9 Å². The highest BCUT2D eigenvalue weighted by Gasteiger charge is 2.18. The van der Waals surface area contributed by atoms with Crippen LogP contribution in [0.25, 0.3) is 0 Å². The third-order valence-electron chi connectivity index (χ3n) is 1.64. The molecule has 0 aliphatic rings. The number of halogens is 1. The first-order chi connectivity index (χ1) is 6.50. The smallest absolute Gasteiger partial charge is 0.238 e. The van der Waals surface area contributed by atoms with Gasteiger partial charge in [-0.3, -0.25) is 9.59 Å². The third kappa shape index (κ3) is 2.93. The zero-order valence-corrected chi connectivity index (χ0v) is 9.61. The fourth-order valence-corrected chi connectivity index (χ4v) is 2.04. The van der Waals surface area contributed by atoms with Crippen LogP contribution >= 0.6 is 22.9 Å². The standard InChI is InChI=1S/C10H11ClO2S/c1-6(2)5-7(12)10(13)8-3-4-9(11)14-8/h3-4,6H,5H2,1-2H3. The average molecular weight is 231 g/mol. The summed E-state index contributed by atoms with van der Waals surface area (Å²) >= 11 is 6.82. The first-order valence-corrected chi connectivity index (χ1v) is 5.53. The Kier molecular flexibility index (Phi) is 3.84. The van der Waals surface area contributed by atoms with Crippen LogP contribution in [-0.2, 0) is 4.79 Å². The van der Waals surface area contributed by atoms with E-state index in [-0.39, 0.29) is 11.7 Å². The zero-order chi connectivity index (χ0) is 10.7. The van der Waals surface area contributed by atoms with Gasteiger partial charge in [-0.2, -0.15) is 0 Å². The van der Waals surface area contributed by atoms with E-state index in [0.717, 1.165) is 11.3 Å². The molecule has 4 heteroatoms. The second-order valence-corrected chi connectivity index (χ2v) is 5.17. The fraction of sp³-hybridized carbons (Fsp3) is 0.400. The van der Waals surface area contributed by atoms with Crippen molar-refractivity contribution in [1.29, 1.82) is 0 Å². The molecule has 0 aliphatic carbocycles. The van der Waals surface area contributed by atoms with E-state index in [1.807, 2.05) is 13.8 Å². The van der Waals surface area contributed by atoms with Crippen LogP contribution in [0.15, 0.2) is 12.1 Å². The van der Waals surface area contributed by atoms with E-state index in [1.54, 1.807) is 12.1 Å². The summed E-state index contributed by atoms with van der Waals surface area (Å²) in [6.45, 7) is 3.82. The van der Waals surface area contributed by atoms with Gasteiger partial charge in [-0.15, -0.1) is 11.3 Å². The Hall–Kier alpha value is -0.670. The largest absolute Gasteiger partial charge is 0.290 e. The summed E-state index contributed by atoms with van der Waals surface area (Å²) < 4.78 is 0.533. The summed E-state index contributed by atoms with van der Waals surface area (Å²) in [5.41, 5.74) is 0. The number of rotatable bonds is 4. The third-order valence-corrected chi connectivity index (χ3v) is 2.87. The molecule has 0 bridgehead atoms. The molecule has 0 radical (unpaired) electrons. The molecule has 0 spiro atoms. The molecule has 1 aromatic heterocycles. The summed E-state index contributed by atoms with van der Waals surface area (Å²) in [5, 5.41) is 0. The number of thiophene rings is 1. The van der Waals surface area contributed by atoms with Crippen molar-refractivity contribution in [2.75, 3.05) is 0 Å². The Morgan fingerprint density at radius 3 is 2.50 bits per heavy atom. The van der Waals surface area contributed by atoms with Gasteiger partial charge in [-0.25, -0.2) is 0 Å². The minimum absolute atomic E-state index is 0.210. The van der Waals surface area contributed by atoms with Gasteiger partial charge in [0.2, 0.25) is 11.6 Å². The molecule has 0 fully saturated rings. The van der Waals surface area contributed by atoms with Gasteiger partial charge in [0.1, 0.15) is 0 Å². The molecule has 14 heavy (non-hydrogen) atoms. The first-order valence-electron chi connectivity index (χ1n) is 4.33. The van der Waals surface area contributed by atoms with E-state index < -0.39 is 5.78 Å². The Balaban J connectivity index is 2.71. The SMILES string of the molecule is CC(C)CC(=O)C(=O)c1ccc(Cl)s1. The Morgan fingerprint density at radius 2 is 2.07 bits per heavy atom. The molecule has 0 aromatic carbocycles. The van der Waals surface area contributed by atoms with Crippen LogP contribution in [0.3, 0.4) is 0 Å². The monoisotopic (exact) mass is 230 g/mol. The number of Topliss-reactive ketones (excluding diaryl/α,β-unsaturated/α-hetero) is 2. The fourth-order valence-electron chi connectivity index (χ4n) is 1.04. The van der Waals surface area contributed by atoms with Crippen LogP contribution in [-0.4, -0.2) is 11.6 Å². The molecule has 0 aliphatic heterocycles. The van der Waals surface area contributed by atoms with Gasteiger partial charge in [0.25, 0.3) is 0 Å². The number of carbonyl (C=O) groups excluding carboxylic acids is 2. The molecule has 1 heterocycles. The molecule has 0 atom stereocenters. The van der Waals surface area contributed by atoms with Gasteiger partial charge in [-0.05, 0) is 18.1 Å². The van der Waals surface area contributed by atoms with Gasteiger partial charge in [0.05, 0.1) is 9.21 Å². The second kappa shape index (κ2) is 4.71. The predicted molar refractivity (Wildman–Crippen MR) is 58.1 cm³/mol. The molecule has 0 unspecified atom stereocenters. The zero-order valence-electron chi connectivity index (χ0n) is 8.04. The van der Waals surface area contributed by atoms with Crippen molar-refractivity contribution in [3.05, 3.63) is 21.3 Å². The summed E-state index contributed by atoms with van der Waals surface area (Å²) in [4.78, 5) is 23.3. The van der Waals surface area contributed by atoms with Crippen molar-refractivity contribution in [1.82, 2.24) is 0 Å². The molecule has 0 N–H and O–H groups in total. The summed E-state index contributed by atoms with van der Waals surface area (Å²) in [7, 11) is 0. The van der Waals surface area contributed by atoms with E-state index in [0.29, 0.717) is 15.6 Å². The van der Waals surface area contributed by atoms with Crippen LogP contribution < -0.4 is 0 Å². The lowest BCUT2D eigenvalue weighted by Gasteiger charge is -2.00. The molecule has 0 saturated carbocycles. The normalized spacial score (nSPS) is 10.6. The number of ketones is 2. The minimum atomic E-state index is -0.421. The highest BCUT2D eigenvalue weighted by atomic mass is 35.5. The summed E-state index contributed by atoms with van der Waals surface area (Å²) in [5.74, 6) is -0.545. The van der Waals surface area contributed by atoms with Crippen molar-refractivity contribution in [2.24, 2.45) is 5.92 Å². The lowest BCUT2D eigenvalue weighted by atomic mass is 10.0. The predicted octanol–water partition coefficient (Wildman–Crippen LogP) is 3.20. The molecule has 1 rings (SSSR count). The highest BCUT2D eigenvalue weighted by Crippen LogP contribution is 2.22. The van der Waals surface area contributed by atoms with Crippen LogP contribution in [0.4, 0.5) is 0 Å². The summed E-state index contributed by atoms with van der Waals surface area (Å²) in [6.07, 6.45) is 0.300. The topological polar surface area (TPSA) is 34.1 Å². The van der Waals surface area contributed by atoms with E-state index >= 15 is 0 Å². The van der Waals surface area contributed by atoms with Gasteiger partial charge in [0.15, 0.2) is 0 Å². The quantitative estimate of drug-likeness (QED) is 0.588. The van der Waals surface area contributed by atoms with Crippen molar-refractivity contribution < 1.29 is 9.59 Å². The number of carbonyl (C=O) groups is 2. The first kappa shape index (κ1) is 11.4. The summed E-state index contributed by atoms with van der Waals surface area (Å²) in [6, 6.07) is 3.22. The van der Waals surface area contributed by atoms with Crippen molar-refractivity contribution in [2.45, 2.75) is 20.3 Å². The molecular formula is C10H11ClO2S. The van der Waals surface area contributed by atoms with Crippen molar-refractivity contribution in [3.8, 4) is 0 Å². The van der Waals surface area contributed by atoms with Gasteiger partial charge in [-0.1, -0.05) is 25.4 Å². The molecule has 0 saturated heterocycles. The van der Waals surface area contributed by atoms with Crippen molar-refractivity contribution >= 4 is 34.5 Å². The maximum atomic E-state index is 11.5. The molecular weight excluding hydrogens is 220 g/mol. The maximum Gasteiger partial charge on any atom is 0.238 e. The molecule has 76 valence electrons. The van der Waals surface area contributed by atoms with Gasteiger partial charge in [0, 0.05) is 6.42 Å². The number of hydrogen-bond acceptors (Lipinski definition) is 3. The van der Waals surface area contributed by atoms with Crippen LogP contribution in [0.5, 0.6) is 0 Å². The molecule has 0 amide bonds. The lowest BCUT2D eigenvalue weighted by molar-refractivity contribution is -0.115. The highest BCUT2D eigenvalue weighted by molar-refractivity contribution is 7.18. The Labute approximate surface area is 91.9 Å². The van der Waals surface area contributed by atoms with Gasteiger partial charge < -0.3 is 0 Å². The van der Waals surface area contributed by atoms with E-state index in [9.17, 15) is 9.59 Å². The Morgan fingerprint density at radius 1 is 1.43 bits per heavy atom. The van der Waals surface area contributed by atoms with Gasteiger partial charge >= 0.3 is 0 Å². The lowest BCUT2D eigenvalue weighted by Crippen LogP contribution is -2.14. The van der Waals surface area contributed by atoms with E-state index in [4.69, 9.17) is 11.6 Å². The van der Waals surface area contributed by atoms with Crippen LogP contribution in [0.2, 0.25) is 4.34 Å². The molecule has 1 aromatic rings. The van der Waals surface area contributed by atoms with Crippen molar-refractivity contribution in [3.63, 3.8) is 0 Å². The second-order valence-electron chi connectivity index (χ2n) is 3.45. The minimum Gasteiger partial charge on any atom is -0.290 e. The van der Waals surface area contributed by atoms with E-state index in [1.165, 1.54) is 0 Å². The molecule has 2 nitrogen and oxygen atoms in total. The van der Waals surface area contributed by atoms with Crippen LogP contribution in [0, 0.1) is 5.92 Å². The maximum absolute atomic E-state index is 11.5.